The highest BCUT2D eigenvalue weighted by molar-refractivity contribution is 5.92. The van der Waals surface area contributed by atoms with Gasteiger partial charge in [0.1, 0.15) is 12.1 Å². The van der Waals surface area contributed by atoms with Crippen LogP contribution in [0.4, 0.5) is 0 Å². The number of amides is 2. The second-order valence-corrected chi connectivity index (χ2v) is 9.48. The lowest BCUT2D eigenvalue weighted by atomic mass is 9.49. The lowest BCUT2D eigenvalue weighted by molar-refractivity contribution is -0.148. The Morgan fingerprint density at radius 2 is 1.55 bits per heavy atom. The summed E-state index contributed by atoms with van der Waals surface area (Å²) in [7, 11) is 0. The number of nitrogens with one attached hydrogen (secondary N) is 2. The SMILES string of the molecule is C[C@H](NC(=O)C(Cc1ccccc1)NC(=O)C12CC3CC(CC(C3)C1)C2)C(=O)O. The van der Waals surface area contributed by atoms with E-state index in [1.807, 2.05) is 30.3 Å². The van der Waals surface area contributed by atoms with E-state index < -0.39 is 24.0 Å². The summed E-state index contributed by atoms with van der Waals surface area (Å²) >= 11 is 0. The van der Waals surface area contributed by atoms with Gasteiger partial charge in [0.25, 0.3) is 0 Å². The van der Waals surface area contributed by atoms with Crippen molar-refractivity contribution in [2.24, 2.45) is 23.2 Å². The van der Waals surface area contributed by atoms with Gasteiger partial charge in [0.05, 0.1) is 0 Å². The molecule has 29 heavy (non-hydrogen) atoms. The van der Waals surface area contributed by atoms with Crippen molar-refractivity contribution in [1.82, 2.24) is 10.6 Å². The summed E-state index contributed by atoms with van der Waals surface area (Å²) in [6, 6.07) is 7.74. The maximum Gasteiger partial charge on any atom is 0.325 e. The lowest BCUT2D eigenvalue weighted by Crippen LogP contribution is -2.58. The molecular weight excluding hydrogens is 368 g/mol. The summed E-state index contributed by atoms with van der Waals surface area (Å²) in [5.41, 5.74) is 0.587. The molecule has 0 aromatic heterocycles. The van der Waals surface area contributed by atoms with E-state index in [2.05, 4.69) is 10.6 Å². The van der Waals surface area contributed by atoms with E-state index in [0.29, 0.717) is 24.2 Å². The summed E-state index contributed by atoms with van der Waals surface area (Å²) in [6.07, 6.45) is 6.86. The zero-order valence-corrected chi connectivity index (χ0v) is 16.9. The Morgan fingerprint density at radius 3 is 2.07 bits per heavy atom. The first-order valence-corrected chi connectivity index (χ1v) is 10.7. The molecule has 2 atom stereocenters. The molecule has 3 N–H and O–H groups in total. The summed E-state index contributed by atoms with van der Waals surface area (Å²) in [5, 5.41) is 14.7. The monoisotopic (exact) mass is 398 g/mol. The van der Waals surface area contributed by atoms with E-state index in [9.17, 15) is 14.4 Å². The first kappa shape index (κ1) is 19.9. The van der Waals surface area contributed by atoms with Crippen LogP contribution in [0, 0.1) is 23.2 Å². The van der Waals surface area contributed by atoms with E-state index >= 15 is 0 Å². The molecule has 0 saturated heterocycles. The molecule has 4 aliphatic carbocycles. The first-order valence-electron chi connectivity index (χ1n) is 10.7. The average Bonchev–Trinajstić information content (AvgIpc) is 2.67. The van der Waals surface area contributed by atoms with Crippen molar-refractivity contribution in [3.8, 4) is 0 Å². The Hall–Kier alpha value is -2.37. The highest BCUT2D eigenvalue weighted by Gasteiger charge is 2.55. The first-order chi connectivity index (χ1) is 13.8. The van der Waals surface area contributed by atoms with Gasteiger partial charge in [-0.2, -0.15) is 0 Å². The molecule has 156 valence electrons. The van der Waals surface area contributed by atoms with E-state index in [-0.39, 0.29) is 11.3 Å². The van der Waals surface area contributed by atoms with Crippen molar-refractivity contribution >= 4 is 17.8 Å². The summed E-state index contributed by atoms with van der Waals surface area (Å²) in [6.45, 7) is 1.43. The van der Waals surface area contributed by atoms with Crippen LogP contribution < -0.4 is 10.6 Å². The molecule has 0 aliphatic heterocycles. The second-order valence-electron chi connectivity index (χ2n) is 9.48. The fourth-order valence-corrected chi connectivity index (χ4v) is 6.13. The zero-order valence-electron chi connectivity index (χ0n) is 16.9. The van der Waals surface area contributed by atoms with Gasteiger partial charge in [-0.3, -0.25) is 14.4 Å². The molecule has 1 aromatic carbocycles. The van der Waals surface area contributed by atoms with Crippen LogP contribution in [0.5, 0.6) is 0 Å². The van der Waals surface area contributed by atoms with Gasteiger partial charge < -0.3 is 15.7 Å². The van der Waals surface area contributed by atoms with Crippen molar-refractivity contribution < 1.29 is 19.5 Å². The number of carboxylic acids is 1. The molecule has 4 fully saturated rings. The van der Waals surface area contributed by atoms with E-state index in [1.165, 1.54) is 26.2 Å². The number of carbonyl (C=O) groups excluding carboxylic acids is 2. The highest BCUT2D eigenvalue weighted by atomic mass is 16.4. The molecule has 6 heteroatoms. The molecule has 0 spiro atoms. The van der Waals surface area contributed by atoms with Gasteiger partial charge in [-0.1, -0.05) is 30.3 Å². The van der Waals surface area contributed by atoms with E-state index in [4.69, 9.17) is 5.11 Å². The van der Waals surface area contributed by atoms with Gasteiger partial charge in [0.15, 0.2) is 0 Å². The summed E-state index contributed by atoms with van der Waals surface area (Å²) < 4.78 is 0. The maximum absolute atomic E-state index is 13.4. The predicted octanol–water partition coefficient (Wildman–Crippen LogP) is 2.52. The number of rotatable bonds is 7. The lowest BCUT2D eigenvalue weighted by Gasteiger charge is -2.55. The van der Waals surface area contributed by atoms with Gasteiger partial charge in [0.2, 0.25) is 11.8 Å². The largest absolute Gasteiger partial charge is 0.480 e. The quantitative estimate of drug-likeness (QED) is 0.658. The third-order valence-corrected chi connectivity index (χ3v) is 7.15. The predicted molar refractivity (Wildman–Crippen MR) is 108 cm³/mol. The molecule has 4 bridgehead atoms. The third-order valence-electron chi connectivity index (χ3n) is 7.15. The second kappa shape index (κ2) is 7.81. The molecule has 0 radical (unpaired) electrons. The van der Waals surface area contributed by atoms with Gasteiger partial charge in [-0.15, -0.1) is 0 Å². The van der Waals surface area contributed by atoms with Crippen LogP contribution in [0.25, 0.3) is 0 Å². The molecule has 1 aromatic rings. The van der Waals surface area contributed by atoms with Gasteiger partial charge in [-0.05, 0) is 68.8 Å². The van der Waals surface area contributed by atoms with E-state index in [0.717, 1.165) is 24.8 Å². The van der Waals surface area contributed by atoms with Crippen LogP contribution in [0.15, 0.2) is 30.3 Å². The Labute approximate surface area is 171 Å². The van der Waals surface area contributed by atoms with Crippen LogP contribution in [0.2, 0.25) is 0 Å². The smallest absolute Gasteiger partial charge is 0.325 e. The highest BCUT2D eigenvalue weighted by Crippen LogP contribution is 2.60. The Balaban J connectivity index is 1.50. The van der Waals surface area contributed by atoms with Crippen LogP contribution in [-0.4, -0.2) is 35.0 Å². The standard InChI is InChI=1S/C23H30N2O4/c1-14(21(27)28)24-20(26)19(10-15-5-3-2-4-6-15)25-22(29)23-11-16-7-17(12-23)9-18(8-16)13-23/h2-6,14,16-19H,7-13H2,1H3,(H,24,26)(H,25,29)(H,27,28)/t14-,16?,17?,18?,19?,23?/m0/s1. The Bertz CT molecular complexity index is 756. The number of hydrogen-bond acceptors (Lipinski definition) is 3. The third kappa shape index (κ3) is 4.16. The van der Waals surface area contributed by atoms with E-state index in [1.54, 1.807) is 0 Å². The van der Waals surface area contributed by atoms with Crippen molar-refractivity contribution in [1.29, 1.82) is 0 Å². The number of carbonyl (C=O) groups is 3. The minimum absolute atomic E-state index is 0.0179. The van der Waals surface area contributed by atoms with Crippen LogP contribution in [0.1, 0.15) is 51.0 Å². The molecule has 0 heterocycles. The van der Waals surface area contributed by atoms with Crippen molar-refractivity contribution in [2.45, 2.75) is 64.0 Å². The van der Waals surface area contributed by atoms with Crippen LogP contribution in [0.3, 0.4) is 0 Å². The molecule has 1 unspecified atom stereocenters. The zero-order chi connectivity index (χ0) is 20.6. The molecular formula is C23H30N2O4. The topological polar surface area (TPSA) is 95.5 Å². The van der Waals surface area contributed by atoms with Crippen molar-refractivity contribution in [3.63, 3.8) is 0 Å². The molecule has 4 aliphatic rings. The molecule has 2 amide bonds. The van der Waals surface area contributed by atoms with Crippen LogP contribution in [-0.2, 0) is 20.8 Å². The average molecular weight is 399 g/mol. The van der Waals surface area contributed by atoms with Crippen LogP contribution >= 0.6 is 0 Å². The fourth-order valence-electron chi connectivity index (χ4n) is 6.13. The van der Waals surface area contributed by atoms with Gasteiger partial charge in [-0.25, -0.2) is 0 Å². The summed E-state index contributed by atoms with van der Waals surface area (Å²) in [4.78, 5) is 37.4. The summed E-state index contributed by atoms with van der Waals surface area (Å²) in [5.74, 6) is 0.364. The Kier molecular flexibility index (Phi) is 5.36. The van der Waals surface area contributed by atoms with Crippen molar-refractivity contribution in [2.75, 3.05) is 0 Å². The molecule has 5 rings (SSSR count). The van der Waals surface area contributed by atoms with Gasteiger partial charge >= 0.3 is 5.97 Å². The normalized spacial score (nSPS) is 31.7. The Morgan fingerprint density at radius 1 is 1.00 bits per heavy atom. The minimum Gasteiger partial charge on any atom is -0.480 e. The molecule has 4 saturated carbocycles. The molecule has 6 nitrogen and oxygen atoms in total. The number of benzene rings is 1. The number of carboxylic acid groups (broad SMARTS) is 1. The van der Waals surface area contributed by atoms with Gasteiger partial charge in [0, 0.05) is 11.8 Å². The number of aliphatic carboxylic acids is 1. The number of hydrogen-bond donors (Lipinski definition) is 3. The maximum atomic E-state index is 13.4. The van der Waals surface area contributed by atoms with Crippen molar-refractivity contribution in [3.05, 3.63) is 35.9 Å². The fraction of sp³-hybridized carbons (Fsp3) is 0.609. The minimum atomic E-state index is -1.09.